The maximum atomic E-state index is 13.3. The number of nitrogens with zero attached hydrogens (tertiary/aromatic N) is 1. The van der Waals surface area contributed by atoms with Gasteiger partial charge < -0.3 is 20.1 Å². The van der Waals surface area contributed by atoms with Crippen LogP contribution in [0.4, 0.5) is 4.79 Å². The summed E-state index contributed by atoms with van der Waals surface area (Å²) in [5.74, 6) is -1.45. The van der Waals surface area contributed by atoms with E-state index in [1.165, 1.54) is 0 Å². The van der Waals surface area contributed by atoms with Gasteiger partial charge in [0.2, 0.25) is 5.91 Å². The van der Waals surface area contributed by atoms with Crippen LogP contribution in [-0.4, -0.2) is 53.7 Å². The number of carbonyl (C=O) groups is 3. The molecule has 1 heterocycles. The van der Waals surface area contributed by atoms with Gasteiger partial charge in [-0.05, 0) is 46.9 Å². The number of carboxylic acid groups (broad SMARTS) is 1. The van der Waals surface area contributed by atoms with E-state index < -0.39 is 24.0 Å². The Morgan fingerprint density at radius 1 is 1.06 bits per heavy atom. The molecule has 4 rings (SSSR count). The topological polar surface area (TPSA) is 95.9 Å². The van der Waals surface area contributed by atoms with Crippen molar-refractivity contribution in [3.8, 4) is 11.1 Å². The fourth-order valence-corrected chi connectivity index (χ4v) is 5.41. The van der Waals surface area contributed by atoms with Gasteiger partial charge in [-0.25, -0.2) is 4.79 Å². The van der Waals surface area contributed by atoms with E-state index >= 15 is 0 Å². The number of alkyl carbamates (subject to hydrolysis) is 1. The molecule has 0 bridgehead atoms. The first-order valence-corrected chi connectivity index (χ1v) is 12.4. The number of hydrogen-bond donors (Lipinski definition) is 2. The van der Waals surface area contributed by atoms with Crippen LogP contribution < -0.4 is 5.32 Å². The number of ether oxygens (including phenoxy) is 1. The molecule has 0 saturated carbocycles. The molecule has 35 heavy (non-hydrogen) atoms. The molecule has 2 aromatic rings. The molecule has 1 aliphatic heterocycles. The van der Waals surface area contributed by atoms with Gasteiger partial charge in [0, 0.05) is 19.0 Å². The van der Waals surface area contributed by atoms with Crippen LogP contribution in [0.15, 0.2) is 48.5 Å². The van der Waals surface area contributed by atoms with Crippen LogP contribution in [0.5, 0.6) is 0 Å². The van der Waals surface area contributed by atoms with E-state index in [0.29, 0.717) is 25.9 Å². The highest BCUT2D eigenvalue weighted by Crippen LogP contribution is 2.44. The molecule has 2 amide bonds. The van der Waals surface area contributed by atoms with Crippen molar-refractivity contribution in [2.45, 2.75) is 45.6 Å². The fourth-order valence-electron chi connectivity index (χ4n) is 5.41. The number of piperidine rings is 1. The number of likely N-dealkylation sites (tertiary alicyclic amines) is 1. The zero-order chi connectivity index (χ0) is 25.1. The van der Waals surface area contributed by atoms with Crippen LogP contribution in [0.2, 0.25) is 0 Å². The Labute approximate surface area is 206 Å². The molecular formula is C28H34N2O5. The minimum atomic E-state index is -0.819. The second-order valence-corrected chi connectivity index (χ2v) is 10.1. The SMILES string of the molecule is CC(C)C[C@@H](NC(=O)OCC1c2ccccc2-c2ccccc21)C(=O)N1CCC(C(=O)O)C(C)C1. The summed E-state index contributed by atoms with van der Waals surface area (Å²) in [5, 5.41) is 12.2. The van der Waals surface area contributed by atoms with Crippen LogP contribution in [0.25, 0.3) is 11.1 Å². The maximum Gasteiger partial charge on any atom is 0.407 e. The van der Waals surface area contributed by atoms with E-state index in [0.717, 1.165) is 22.3 Å². The number of benzene rings is 2. The highest BCUT2D eigenvalue weighted by molar-refractivity contribution is 5.86. The summed E-state index contributed by atoms with van der Waals surface area (Å²) in [6, 6.07) is 15.6. The van der Waals surface area contributed by atoms with Crippen molar-refractivity contribution in [1.29, 1.82) is 0 Å². The lowest BCUT2D eigenvalue weighted by Crippen LogP contribution is -2.53. The summed E-state index contributed by atoms with van der Waals surface area (Å²) in [5.41, 5.74) is 4.57. The number of rotatable bonds is 7. The highest BCUT2D eigenvalue weighted by atomic mass is 16.5. The normalized spacial score (nSPS) is 20.2. The highest BCUT2D eigenvalue weighted by Gasteiger charge is 2.36. The lowest BCUT2D eigenvalue weighted by molar-refractivity contribution is -0.149. The Kier molecular flexibility index (Phi) is 7.43. The van der Waals surface area contributed by atoms with Crippen molar-refractivity contribution < 1.29 is 24.2 Å². The standard InChI is InChI=1S/C28H34N2O5/c1-17(2)14-25(26(31)30-13-12-19(27(32)33)18(3)15-30)29-28(34)35-16-24-22-10-6-4-8-20(22)21-9-5-7-11-23(21)24/h4-11,17-19,24-25H,12-16H2,1-3H3,(H,29,34)(H,32,33)/t18?,19?,25-/m1/s1. The van der Waals surface area contributed by atoms with Gasteiger partial charge in [-0.15, -0.1) is 0 Å². The predicted molar refractivity (Wildman–Crippen MR) is 133 cm³/mol. The average Bonchev–Trinajstić information content (AvgIpc) is 3.15. The van der Waals surface area contributed by atoms with Crippen LogP contribution in [-0.2, 0) is 14.3 Å². The lowest BCUT2D eigenvalue weighted by Gasteiger charge is -2.37. The number of nitrogens with one attached hydrogen (secondary N) is 1. The third-order valence-corrected chi connectivity index (χ3v) is 7.18. The summed E-state index contributed by atoms with van der Waals surface area (Å²) in [7, 11) is 0. The Bertz CT molecular complexity index is 1050. The quantitative estimate of drug-likeness (QED) is 0.611. The van der Waals surface area contributed by atoms with Crippen molar-refractivity contribution in [1.82, 2.24) is 10.2 Å². The van der Waals surface area contributed by atoms with Gasteiger partial charge in [-0.3, -0.25) is 9.59 Å². The van der Waals surface area contributed by atoms with Gasteiger partial charge in [0.1, 0.15) is 12.6 Å². The van der Waals surface area contributed by atoms with Crippen LogP contribution in [0.3, 0.4) is 0 Å². The molecule has 1 saturated heterocycles. The van der Waals surface area contributed by atoms with Crippen LogP contribution >= 0.6 is 0 Å². The molecule has 2 aliphatic rings. The van der Waals surface area contributed by atoms with Gasteiger partial charge in [0.05, 0.1) is 5.92 Å². The number of fused-ring (bicyclic) bond motifs is 3. The first-order chi connectivity index (χ1) is 16.8. The van der Waals surface area contributed by atoms with Gasteiger partial charge in [0.25, 0.3) is 0 Å². The Balaban J connectivity index is 1.41. The summed E-state index contributed by atoms with van der Waals surface area (Å²) < 4.78 is 5.66. The van der Waals surface area contributed by atoms with Gasteiger partial charge in [0.15, 0.2) is 0 Å². The molecule has 7 heteroatoms. The zero-order valence-corrected chi connectivity index (χ0v) is 20.6. The number of carboxylic acids is 1. The van der Waals surface area contributed by atoms with Crippen LogP contribution in [0, 0.1) is 17.8 Å². The number of hydrogen-bond acceptors (Lipinski definition) is 4. The Hall–Kier alpha value is -3.35. The third-order valence-electron chi connectivity index (χ3n) is 7.18. The zero-order valence-electron chi connectivity index (χ0n) is 20.6. The molecule has 0 spiro atoms. The van der Waals surface area contributed by atoms with Gasteiger partial charge in [-0.2, -0.15) is 0 Å². The largest absolute Gasteiger partial charge is 0.481 e. The molecule has 3 atom stereocenters. The lowest BCUT2D eigenvalue weighted by atomic mass is 9.86. The van der Waals surface area contributed by atoms with Gasteiger partial charge >= 0.3 is 12.1 Å². The number of carbonyl (C=O) groups excluding carboxylic acids is 2. The van der Waals surface area contributed by atoms with E-state index in [4.69, 9.17) is 4.74 Å². The predicted octanol–water partition coefficient (Wildman–Crippen LogP) is 4.51. The summed E-state index contributed by atoms with van der Waals surface area (Å²) in [4.78, 5) is 39.2. The molecule has 2 unspecified atom stereocenters. The summed E-state index contributed by atoms with van der Waals surface area (Å²) >= 11 is 0. The first-order valence-electron chi connectivity index (χ1n) is 12.4. The molecule has 0 radical (unpaired) electrons. The minimum absolute atomic E-state index is 0.0525. The molecule has 2 aromatic carbocycles. The molecule has 2 N–H and O–H groups in total. The van der Waals surface area contributed by atoms with E-state index in [1.54, 1.807) is 4.90 Å². The summed E-state index contributed by atoms with van der Waals surface area (Å²) in [6.45, 7) is 6.79. The van der Waals surface area contributed by atoms with Crippen molar-refractivity contribution in [3.05, 3.63) is 59.7 Å². The molecule has 0 aromatic heterocycles. The van der Waals surface area contributed by atoms with E-state index in [2.05, 4.69) is 29.6 Å². The van der Waals surface area contributed by atoms with Crippen molar-refractivity contribution >= 4 is 18.0 Å². The van der Waals surface area contributed by atoms with Crippen molar-refractivity contribution in [2.24, 2.45) is 17.8 Å². The Morgan fingerprint density at radius 2 is 1.66 bits per heavy atom. The maximum absolute atomic E-state index is 13.3. The molecular weight excluding hydrogens is 444 g/mol. The van der Waals surface area contributed by atoms with Crippen molar-refractivity contribution in [3.63, 3.8) is 0 Å². The van der Waals surface area contributed by atoms with Crippen LogP contribution in [0.1, 0.15) is 50.7 Å². The molecule has 1 fully saturated rings. The fraction of sp³-hybridized carbons (Fsp3) is 0.464. The number of amides is 2. The number of aliphatic carboxylic acids is 1. The van der Waals surface area contributed by atoms with E-state index in [1.807, 2.05) is 45.0 Å². The molecule has 186 valence electrons. The molecule has 1 aliphatic carbocycles. The minimum Gasteiger partial charge on any atom is -0.481 e. The van der Waals surface area contributed by atoms with E-state index in [9.17, 15) is 19.5 Å². The smallest absolute Gasteiger partial charge is 0.407 e. The Morgan fingerprint density at radius 3 is 2.20 bits per heavy atom. The van der Waals surface area contributed by atoms with Gasteiger partial charge in [-0.1, -0.05) is 69.3 Å². The second kappa shape index (κ2) is 10.5. The molecule has 7 nitrogen and oxygen atoms in total. The van der Waals surface area contributed by atoms with Crippen molar-refractivity contribution in [2.75, 3.05) is 19.7 Å². The summed E-state index contributed by atoms with van der Waals surface area (Å²) in [6.07, 6.45) is 0.289. The van der Waals surface area contributed by atoms with E-state index in [-0.39, 0.29) is 30.3 Å². The third kappa shape index (κ3) is 5.34. The average molecular weight is 479 g/mol. The second-order valence-electron chi connectivity index (χ2n) is 10.1. The monoisotopic (exact) mass is 478 g/mol. The first kappa shape index (κ1) is 24.8.